The predicted molar refractivity (Wildman–Crippen MR) is 98.0 cm³/mol. The average molecular weight is 374 g/mol. The third-order valence-electron chi connectivity index (χ3n) is 3.94. The summed E-state index contributed by atoms with van der Waals surface area (Å²) in [5.41, 5.74) is 6.83. The van der Waals surface area contributed by atoms with Gasteiger partial charge in [0.25, 0.3) is 0 Å². The molecule has 0 radical (unpaired) electrons. The van der Waals surface area contributed by atoms with Crippen LogP contribution in [-0.2, 0) is 11.3 Å². The van der Waals surface area contributed by atoms with E-state index in [0.717, 1.165) is 5.56 Å². The molecule has 144 valence electrons. The Balaban J connectivity index is 1.81. The molecule has 0 aliphatic carbocycles. The molecule has 0 heterocycles. The van der Waals surface area contributed by atoms with Crippen molar-refractivity contribution >= 4 is 17.7 Å². The number of carbonyl (C=O) groups excluding carboxylic acids is 1. The second-order valence-electron chi connectivity index (χ2n) is 5.94. The Hall–Kier alpha value is -3.10. The third kappa shape index (κ3) is 5.98. The van der Waals surface area contributed by atoms with Gasteiger partial charge in [-0.2, -0.15) is 0 Å². The molecule has 0 spiro atoms. The first-order chi connectivity index (χ1) is 12.9. The number of carboxylic acids is 1. The fraction of sp³-hybridized carbons (Fsp3) is 0.263. The first-order valence-electron chi connectivity index (χ1n) is 8.32. The van der Waals surface area contributed by atoms with Crippen LogP contribution in [0.5, 0.6) is 0 Å². The molecule has 0 bridgehead atoms. The van der Waals surface area contributed by atoms with Crippen molar-refractivity contribution in [2.24, 2.45) is 0 Å². The number of amides is 1. The number of carboxylic acid groups (broad SMARTS) is 1. The monoisotopic (exact) mass is 374 g/mol. The van der Waals surface area contributed by atoms with Gasteiger partial charge in [0.1, 0.15) is 12.7 Å². The normalized spacial score (nSPS) is 12.8. The van der Waals surface area contributed by atoms with Gasteiger partial charge in [0, 0.05) is 17.8 Å². The van der Waals surface area contributed by atoms with Crippen molar-refractivity contribution in [1.29, 1.82) is 0 Å². The average Bonchev–Trinajstić information content (AvgIpc) is 2.66. The number of aliphatic hydroxyl groups excluding tert-OH is 2. The summed E-state index contributed by atoms with van der Waals surface area (Å²) < 4.78 is 5.04. The van der Waals surface area contributed by atoms with Crippen LogP contribution >= 0.6 is 0 Å². The lowest BCUT2D eigenvalue weighted by Gasteiger charge is -2.20. The molecule has 2 aromatic carbocycles. The van der Waals surface area contributed by atoms with E-state index in [-0.39, 0.29) is 36.4 Å². The summed E-state index contributed by atoms with van der Waals surface area (Å²) >= 11 is 0. The number of rotatable bonds is 8. The number of nitrogens with one attached hydrogen (secondary N) is 1. The highest BCUT2D eigenvalue weighted by atomic mass is 16.5. The van der Waals surface area contributed by atoms with Crippen LogP contribution < -0.4 is 11.1 Å². The maximum Gasteiger partial charge on any atom is 0.407 e. The molecule has 2 rings (SSSR count). The molecule has 27 heavy (non-hydrogen) atoms. The van der Waals surface area contributed by atoms with Gasteiger partial charge in [-0.3, -0.25) is 0 Å². The van der Waals surface area contributed by atoms with Crippen LogP contribution in [0.15, 0.2) is 48.5 Å². The van der Waals surface area contributed by atoms with Gasteiger partial charge >= 0.3 is 12.1 Å². The zero-order valence-electron chi connectivity index (χ0n) is 14.5. The maximum absolute atomic E-state index is 11.6. The Bertz CT molecular complexity index is 781. The van der Waals surface area contributed by atoms with Crippen molar-refractivity contribution < 1.29 is 29.6 Å². The van der Waals surface area contributed by atoms with Crippen LogP contribution in [0.1, 0.15) is 34.0 Å². The third-order valence-corrected chi connectivity index (χ3v) is 3.94. The van der Waals surface area contributed by atoms with E-state index in [4.69, 9.17) is 15.6 Å². The van der Waals surface area contributed by atoms with Gasteiger partial charge in [0.2, 0.25) is 0 Å². The molecule has 0 aliphatic rings. The summed E-state index contributed by atoms with van der Waals surface area (Å²) in [4.78, 5) is 22.7. The largest absolute Gasteiger partial charge is 0.478 e. The molecular formula is C19H22N2O6. The van der Waals surface area contributed by atoms with E-state index in [2.05, 4.69) is 5.32 Å². The minimum absolute atomic E-state index is 0.0261. The first kappa shape index (κ1) is 20.2. The standard InChI is InChI=1S/C19H22N2O6/c20-15-7-6-13(18(24)25)10-14(15)17(23)16(22)8-9-21-19(26)27-11-12-4-2-1-3-5-12/h1-7,10,16-17,22-23H,8-9,11,20H2,(H,21,26)(H,24,25). The van der Waals surface area contributed by atoms with Crippen molar-refractivity contribution in [3.63, 3.8) is 0 Å². The topological polar surface area (TPSA) is 142 Å². The van der Waals surface area contributed by atoms with Crippen LogP contribution in [0, 0.1) is 0 Å². The lowest BCUT2D eigenvalue weighted by molar-refractivity contribution is 0.0140. The number of nitrogens with two attached hydrogens (primary N) is 1. The molecule has 2 atom stereocenters. The molecule has 8 nitrogen and oxygen atoms in total. The molecule has 2 aromatic rings. The summed E-state index contributed by atoms with van der Waals surface area (Å²) in [6.45, 7) is 0.181. The van der Waals surface area contributed by atoms with Crippen LogP contribution in [0.4, 0.5) is 10.5 Å². The minimum Gasteiger partial charge on any atom is -0.478 e. The van der Waals surface area contributed by atoms with Gasteiger partial charge in [0.15, 0.2) is 0 Å². The van der Waals surface area contributed by atoms with Gasteiger partial charge in [-0.25, -0.2) is 9.59 Å². The quantitative estimate of drug-likeness (QED) is 0.442. The number of nitrogen functional groups attached to an aromatic ring is 1. The van der Waals surface area contributed by atoms with Gasteiger partial charge in [0.05, 0.1) is 11.7 Å². The fourth-order valence-electron chi connectivity index (χ4n) is 2.43. The molecule has 0 aliphatic heterocycles. The van der Waals surface area contributed by atoms with E-state index in [1.807, 2.05) is 30.3 Å². The highest BCUT2D eigenvalue weighted by Crippen LogP contribution is 2.25. The number of ether oxygens (including phenoxy) is 1. The summed E-state index contributed by atoms with van der Waals surface area (Å²) in [6, 6.07) is 13.0. The molecule has 0 aromatic heterocycles. The van der Waals surface area contributed by atoms with E-state index in [9.17, 15) is 19.8 Å². The van der Waals surface area contributed by atoms with Crippen molar-refractivity contribution in [2.45, 2.75) is 25.2 Å². The van der Waals surface area contributed by atoms with E-state index >= 15 is 0 Å². The van der Waals surface area contributed by atoms with Crippen LogP contribution in [0.2, 0.25) is 0 Å². The number of aromatic carboxylic acids is 1. The molecule has 6 N–H and O–H groups in total. The van der Waals surface area contributed by atoms with E-state index in [1.54, 1.807) is 0 Å². The van der Waals surface area contributed by atoms with Gasteiger partial charge in [-0.1, -0.05) is 30.3 Å². The Morgan fingerprint density at radius 1 is 1.11 bits per heavy atom. The summed E-state index contributed by atoms with van der Waals surface area (Å²) in [5, 5.41) is 31.8. The van der Waals surface area contributed by atoms with Crippen molar-refractivity contribution in [3.8, 4) is 0 Å². The Morgan fingerprint density at radius 2 is 1.81 bits per heavy atom. The predicted octanol–water partition coefficient (Wildman–Crippen LogP) is 1.68. The van der Waals surface area contributed by atoms with E-state index < -0.39 is 24.3 Å². The van der Waals surface area contributed by atoms with Crippen LogP contribution in [0.25, 0.3) is 0 Å². The number of hydrogen-bond acceptors (Lipinski definition) is 6. The number of benzene rings is 2. The van der Waals surface area contributed by atoms with Gasteiger partial charge < -0.3 is 31.1 Å². The zero-order chi connectivity index (χ0) is 19.8. The molecule has 0 saturated heterocycles. The molecule has 1 amide bonds. The highest BCUT2D eigenvalue weighted by Gasteiger charge is 2.22. The summed E-state index contributed by atoms with van der Waals surface area (Å²) in [5.74, 6) is -1.17. The number of anilines is 1. The molecular weight excluding hydrogens is 352 g/mol. The maximum atomic E-state index is 11.6. The molecule has 0 saturated carbocycles. The summed E-state index contributed by atoms with van der Waals surface area (Å²) in [6.07, 6.45) is -3.25. The lowest BCUT2D eigenvalue weighted by atomic mass is 9.98. The number of hydrogen-bond donors (Lipinski definition) is 5. The van der Waals surface area contributed by atoms with E-state index in [0.29, 0.717) is 0 Å². The smallest absolute Gasteiger partial charge is 0.407 e. The second kappa shape index (κ2) is 9.56. The Kier molecular flexibility index (Phi) is 7.16. The fourth-order valence-corrected chi connectivity index (χ4v) is 2.43. The zero-order valence-corrected chi connectivity index (χ0v) is 14.5. The van der Waals surface area contributed by atoms with Crippen molar-refractivity contribution in [2.75, 3.05) is 12.3 Å². The second-order valence-corrected chi connectivity index (χ2v) is 5.94. The Morgan fingerprint density at radius 3 is 2.48 bits per heavy atom. The van der Waals surface area contributed by atoms with Crippen LogP contribution in [-0.4, -0.2) is 40.0 Å². The van der Waals surface area contributed by atoms with Gasteiger partial charge in [-0.05, 0) is 30.2 Å². The number of aliphatic hydroxyl groups is 2. The minimum atomic E-state index is -1.38. The molecule has 8 heteroatoms. The molecule has 0 fully saturated rings. The van der Waals surface area contributed by atoms with Crippen molar-refractivity contribution in [1.82, 2.24) is 5.32 Å². The SMILES string of the molecule is Nc1ccc(C(=O)O)cc1C(O)C(O)CCNC(=O)OCc1ccccc1. The van der Waals surface area contributed by atoms with E-state index in [1.165, 1.54) is 18.2 Å². The van der Waals surface area contributed by atoms with Crippen molar-refractivity contribution in [3.05, 3.63) is 65.2 Å². The Labute approximate surface area is 156 Å². The number of carbonyl (C=O) groups is 2. The van der Waals surface area contributed by atoms with Crippen LogP contribution in [0.3, 0.4) is 0 Å². The summed E-state index contributed by atoms with van der Waals surface area (Å²) in [7, 11) is 0. The lowest BCUT2D eigenvalue weighted by Crippen LogP contribution is -2.30. The number of alkyl carbamates (subject to hydrolysis) is 1. The molecule has 2 unspecified atom stereocenters. The van der Waals surface area contributed by atoms with Gasteiger partial charge in [-0.15, -0.1) is 0 Å². The highest BCUT2D eigenvalue weighted by molar-refractivity contribution is 5.88. The first-order valence-corrected chi connectivity index (χ1v) is 8.32.